The average molecular weight is 277 g/mol. The van der Waals surface area contributed by atoms with Gasteiger partial charge in [-0.1, -0.05) is 36.8 Å². The molecule has 1 aromatic rings. The van der Waals surface area contributed by atoms with E-state index >= 15 is 0 Å². The predicted octanol–water partition coefficient (Wildman–Crippen LogP) is 4.05. The third-order valence-electron chi connectivity index (χ3n) is 3.50. The SMILES string of the molecule is COCCCCC(CNC(C)(C)C)Cc1ccccc1. The second-order valence-corrected chi connectivity index (χ2v) is 6.68. The van der Waals surface area contributed by atoms with E-state index in [1.54, 1.807) is 7.11 Å². The van der Waals surface area contributed by atoms with Crippen LogP contribution in [0.2, 0.25) is 0 Å². The Bertz CT molecular complexity index is 342. The van der Waals surface area contributed by atoms with E-state index in [-0.39, 0.29) is 5.54 Å². The summed E-state index contributed by atoms with van der Waals surface area (Å²) < 4.78 is 5.14. The lowest BCUT2D eigenvalue weighted by Gasteiger charge is -2.25. The van der Waals surface area contributed by atoms with Gasteiger partial charge in [0.25, 0.3) is 0 Å². The number of hydrogen-bond acceptors (Lipinski definition) is 2. The molecule has 0 aliphatic heterocycles. The zero-order chi connectivity index (χ0) is 14.8. The maximum absolute atomic E-state index is 5.14. The van der Waals surface area contributed by atoms with Crippen LogP contribution < -0.4 is 5.32 Å². The lowest BCUT2D eigenvalue weighted by atomic mass is 9.93. The molecule has 20 heavy (non-hydrogen) atoms. The normalized spacial score (nSPS) is 13.4. The molecule has 1 aromatic carbocycles. The van der Waals surface area contributed by atoms with Gasteiger partial charge in [0.15, 0.2) is 0 Å². The molecule has 0 heterocycles. The quantitative estimate of drug-likeness (QED) is 0.688. The van der Waals surface area contributed by atoms with Crippen molar-refractivity contribution < 1.29 is 4.74 Å². The van der Waals surface area contributed by atoms with Crippen LogP contribution in [0, 0.1) is 5.92 Å². The highest BCUT2D eigenvalue weighted by Crippen LogP contribution is 2.16. The van der Waals surface area contributed by atoms with Crippen LogP contribution in [0.15, 0.2) is 30.3 Å². The Morgan fingerprint density at radius 3 is 2.40 bits per heavy atom. The van der Waals surface area contributed by atoms with E-state index in [1.807, 2.05) is 0 Å². The molecule has 2 nitrogen and oxygen atoms in total. The lowest BCUT2D eigenvalue weighted by Crippen LogP contribution is -2.39. The van der Waals surface area contributed by atoms with E-state index in [0.29, 0.717) is 5.92 Å². The van der Waals surface area contributed by atoms with Gasteiger partial charge in [-0.15, -0.1) is 0 Å². The first-order valence-electron chi connectivity index (χ1n) is 7.79. The Morgan fingerprint density at radius 2 is 1.80 bits per heavy atom. The third kappa shape index (κ3) is 8.34. The number of rotatable bonds is 9. The summed E-state index contributed by atoms with van der Waals surface area (Å²) in [6, 6.07) is 10.8. The van der Waals surface area contributed by atoms with Gasteiger partial charge in [-0.2, -0.15) is 0 Å². The molecule has 114 valence electrons. The second kappa shape index (κ2) is 9.15. The van der Waals surface area contributed by atoms with E-state index in [2.05, 4.69) is 56.4 Å². The summed E-state index contributed by atoms with van der Waals surface area (Å²) in [4.78, 5) is 0. The maximum Gasteiger partial charge on any atom is 0.0462 e. The molecule has 0 saturated heterocycles. The lowest BCUT2D eigenvalue weighted by molar-refractivity contribution is 0.189. The minimum Gasteiger partial charge on any atom is -0.385 e. The summed E-state index contributed by atoms with van der Waals surface area (Å²) in [5, 5.41) is 3.65. The molecule has 0 fully saturated rings. The second-order valence-electron chi connectivity index (χ2n) is 6.68. The highest BCUT2D eigenvalue weighted by Gasteiger charge is 2.14. The molecule has 0 spiro atoms. The fourth-order valence-electron chi connectivity index (χ4n) is 2.35. The van der Waals surface area contributed by atoms with Crippen molar-refractivity contribution in [1.29, 1.82) is 0 Å². The Morgan fingerprint density at radius 1 is 1.10 bits per heavy atom. The Kier molecular flexibility index (Phi) is 7.86. The minimum absolute atomic E-state index is 0.196. The summed E-state index contributed by atoms with van der Waals surface area (Å²) in [7, 11) is 1.78. The number of hydrogen-bond donors (Lipinski definition) is 1. The number of ether oxygens (including phenoxy) is 1. The van der Waals surface area contributed by atoms with Crippen LogP contribution in [-0.4, -0.2) is 25.8 Å². The van der Waals surface area contributed by atoms with Crippen molar-refractivity contribution in [2.24, 2.45) is 5.92 Å². The summed E-state index contributed by atoms with van der Waals surface area (Å²) in [6.07, 6.45) is 4.84. The van der Waals surface area contributed by atoms with E-state index in [9.17, 15) is 0 Å². The highest BCUT2D eigenvalue weighted by molar-refractivity contribution is 5.15. The van der Waals surface area contributed by atoms with Gasteiger partial charge < -0.3 is 10.1 Å². The van der Waals surface area contributed by atoms with Gasteiger partial charge in [0, 0.05) is 19.3 Å². The first-order valence-corrected chi connectivity index (χ1v) is 7.79. The molecule has 0 saturated carbocycles. The zero-order valence-corrected chi connectivity index (χ0v) is 13.6. The molecule has 0 radical (unpaired) electrons. The molecule has 0 amide bonds. The predicted molar refractivity (Wildman–Crippen MR) is 87.1 cm³/mol. The topological polar surface area (TPSA) is 21.3 Å². The largest absolute Gasteiger partial charge is 0.385 e. The Balaban J connectivity index is 2.45. The summed E-state index contributed by atoms with van der Waals surface area (Å²) in [5.41, 5.74) is 1.64. The van der Waals surface area contributed by atoms with Crippen LogP contribution in [0.5, 0.6) is 0 Å². The maximum atomic E-state index is 5.14. The molecule has 2 heteroatoms. The molecule has 0 aliphatic carbocycles. The first kappa shape index (κ1) is 17.2. The molecule has 1 N–H and O–H groups in total. The van der Waals surface area contributed by atoms with Gasteiger partial charge in [0.05, 0.1) is 0 Å². The molecule has 1 unspecified atom stereocenters. The van der Waals surface area contributed by atoms with Gasteiger partial charge in [-0.25, -0.2) is 0 Å². The fraction of sp³-hybridized carbons (Fsp3) is 0.667. The molecular weight excluding hydrogens is 246 g/mol. The van der Waals surface area contributed by atoms with E-state index < -0.39 is 0 Å². The van der Waals surface area contributed by atoms with Crippen molar-refractivity contribution in [3.8, 4) is 0 Å². The molecule has 1 rings (SSSR count). The third-order valence-corrected chi connectivity index (χ3v) is 3.50. The fourth-order valence-corrected chi connectivity index (χ4v) is 2.35. The molecular formula is C18H31NO. The summed E-state index contributed by atoms with van der Waals surface area (Å²) in [6.45, 7) is 8.67. The van der Waals surface area contributed by atoms with Gasteiger partial charge in [0.2, 0.25) is 0 Å². The summed E-state index contributed by atoms with van der Waals surface area (Å²) >= 11 is 0. The monoisotopic (exact) mass is 277 g/mol. The summed E-state index contributed by atoms with van der Waals surface area (Å²) in [5.74, 6) is 0.702. The number of nitrogens with one attached hydrogen (secondary N) is 1. The van der Waals surface area contributed by atoms with Crippen molar-refractivity contribution >= 4 is 0 Å². The Hall–Kier alpha value is -0.860. The Labute approximate surface area is 124 Å². The standard InChI is InChI=1S/C18H31NO/c1-18(2,3)19-15-17(12-8-9-13-20-4)14-16-10-6-5-7-11-16/h5-7,10-11,17,19H,8-9,12-15H2,1-4H3. The van der Waals surface area contributed by atoms with Gasteiger partial charge in [-0.05, 0) is 58.1 Å². The minimum atomic E-state index is 0.196. The van der Waals surface area contributed by atoms with Crippen LogP contribution >= 0.6 is 0 Å². The van der Waals surface area contributed by atoms with Crippen LogP contribution in [0.25, 0.3) is 0 Å². The zero-order valence-electron chi connectivity index (χ0n) is 13.6. The number of methoxy groups -OCH3 is 1. The highest BCUT2D eigenvalue weighted by atomic mass is 16.5. The van der Waals surface area contributed by atoms with Crippen LogP contribution in [0.4, 0.5) is 0 Å². The van der Waals surface area contributed by atoms with Crippen molar-refractivity contribution in [1.82, 2.24) is 5.32 Å². The van der Waals surface area contributed by atoms with Crippen molar-refractivity contribution in [3.63, 3.8) is 0 Å². The molecule has 0 aliphatic rings. The van der Waals surface area contributed by atoms with E-state index in [0.717, 1.165) is 26.0 Å². The molecule has 1 atom stereocenters. The smallest absolute Gasteiger partial charge is 0.0462 e. The van der Waals surface area contributed by atoms with Crippen LogP contribution in [0.3, 0.4) is 0 Å². The first-order chi connectivity index (χ1) is 9.51. The number of benzene rings is 1. The van der Waals surface area contributed by atoms with Crippen molar-refractivity contribution in [2.45, 2.75) is 52.0 Å². The molecule has 0 aromatic heterocycles. The van der Waals surface area contributed by atoms with Gasteiger partial charge >= 0.3 is 0 Å². The van der Waals surface area contributed by atoms with E-state index in [1.165, 1.54) is 18.4 Å². The van der Waals surface area contributed by atoms with E-state index in [4.69, 9.17) is 4.74 Å². The van der Waals surface area contributed by atoms with Crippen molar-refractivity contribution in [2.75, 3.05) is 20.3 Å². The molecule has 0 bridgehead atoms. The number of unbranched alkanes of at least 4 members (excludes halogenated alkanes) is 1. The van der Waals surface area contributed by atoms with Crippen molar-refractivity contribution in [3.05, 3.63) is 35.9 Å². The van der Waals surface area contributed by atoms with Gasteiger partial charge in [0.1, 0.15) is 0 Å². The van der Waals surface area contributed by atoms with Gasteiger partial charge in [-0.3, -0.25) is 0 Å². The van der Waals surface area contributed by atoms with Crippen LogP contribution in [0.1, 0.15) is 45.6 Å². The average Bonchev–Trinajstić information content (AvgIpc) is 2.41. The van der Waals surface area contributed by atoms with Crippen LogP contribution in [-0.2, 0) is 11.2 Å².